The van der Waals surface area contributed by atoms with Gasteiger partial charge in [0.15, 0.2) is 0 Å². The zero-order valence-corrected chi connectivity index (χ0v) is 14.6. The van der Waals surface area contributed by atoms with Gasteiger partial charge in [0.05, 0.1) is 6.04 Å². The third-order valence-electron chi connectivity index (χ3n) is 5.30. The van der Waals surface area contributed by atoms with Crippen LogP contribution in [0.4, 0.5) is 4.39 Å². The maximum atomic E-state index is 13.8. The first-order chi connectivity index (χ1) is 11.6. The van der Waals surface area contributed by atoms with Crippen LogP contribution in [-0.4, -0.2) is 65.9 Å². The number of amides is 1. The molecule has 1 unspecified atom stereocenters. The molecule has 0 N–H and O–H groups in total. The summed E-state index contributed by atoms with van der Waals surface area (Å²) in [5.41, 5.74) is 0.757. The van der Waals surface area contributed by atoms with E-state index in [4.69, 9.17) is 0 Å². The minimum Gasteiger partial charge on any atom is -0.341 e. The molecule has 1 atom stereocenters. The molecule has 2 saturated heterocycles. The molecule has 0 spiro atoms. The highest BCUT2D eigenvalue weighted by Gasteiger charge is 2.28. The fourth-order valence-electron chi connectivity index (χ4n) is 3.76. The van der Waals surface area contributed by atoms with Crippen LogP contribution in [0.2, 0.25) is 0 Å². The van der Waals surface area contributed by atoms with Gasteiger partial charge in [-0.1, -0.05) is 18.2 Å². The van der Waals surface area contributed by atoms with Gasteiger partial charge in [-0.2, -0.15) is 0 Å². The van der Waals surface area contributed by atoms with E-state index >= 15 is 0 Å². The Balaban J connectivity index is 1.54. The van der Waals surface area contributed by atoms with Crippen LogP contribution in [0.1, 0.15) is 31.7 Å². The third kappa shape index (κ3) is 4.14. The van der Waals surface area contributed by atoms with Crippen molar-refractivity contribution < 1.29 is 9.18 Å². The van der Waals surface area contributed by atoms with Crippen LogP contribution < -0.4 is 0 Å². The molecule has 5 heteroatoms. The predicted octanol–water partition coefficient (Wildman–Crippen LogP) is 2.34. The Hall–Kier alpha value is -1.46. The molecule has 2 aliphatic rings. The molecule has 0 aromatic heterocycles. The molecular weight excluding hydrogens is 305 g/mol. The Morgan fingerprint density at radius 2 is 1.79 bits per heavy atom. The maximum Gasteiger partial charge on any atom is 0.239 e. The lowest BCUT2D eigenvalue weighted by molar-refractivity contribution is -0.135. The molecule has 24 heavy (non-hydrogen) atoms. The van der Waals surface area contributed by atoms with E-state index in [-0.39, 0.29) is 17.8 Å². The van der Waals surface area contributed by atoms with E-state index in [1.807, 2.05) is 24.0 Å². The van der Waals surface area contributed by atoms with Crippen molar-refractivity contribution in [2.24, 2.45) is 0 Å². The summed E-state index contributed by atoms with van der Waals surface area (Å²) < 4.78 is 13.8. The molecule has 1 aromatic carbocycles. The largest absolute Gasteiger partial charge is 0.341 e. The van der Waals surface area contributed by atoms with E-state index in [1.54, 1.807) is 6.07 Å². The van der Waals surface area contributed by atoms with Crippen molar-refractivity contribution >= 4 is 5.91 Å². The van der Waals surface area contributed by atoms with E-state index in [1.165, 1.54) is 6.07 Å². The summed E-state index contributed by atoms with van der Waals surface area (Å²) in [6, 6.07) is 6.96. The lowest BCUT2D eigenvalue weighted by atomic mass is 10.2. The molecule has 132 valence electrons. The number of likely N-dealkylation sites (tertiary alicyclic amines) is 1. The minimum atomic E-state index is -0.129. The zero-order chi connectivity index (χ0) is 16.9. The molecule has 0 saturated carbocycles. The number of carbonyl (C=O) groups is 1. The molecule has 1 amide bonds. The summed E-state index contributed by atoms with van der Waals surface area (Å²) in [6.07, 6.45) is 3.29. The van der Waals surface area contributed by atoms with Gasteiger partial charge in [0.2, 0.25) is 5.91 Å². The van der Waals surface area contributed by atoms with Crippen LogP contribution in [0, 0.1) is 5.82 Å². The highest BCUT2D eigenvalue weighted by atomic mass is 19.1. The van der Waals surface area contributed by atoms with Gasteiger partial charge in [-0.05, 0) is 38.8 Å². The Labute approximate surface area is 144 Å². The van der Waals surface area contributed by atoms with Crippen molar-refractivity contribution in [1.82, 2.24) is 14.7 Å². The number of halogens is 1. The van der Waals surface area contributed by atoms with E-state index in [2.05, 4.69) is 9.80 Å². The molecule has 1 aromatic rings. The lowest BCUT2D eigenvalue weighted by Crippen LogP contribution is -2.47. The molecule has 3 rings (SSSR count). The SMILES string of the molecule is CC(C(=O)N1CCCC1)N1CCCN(Cc2ccccc2F)CC1. The molecule has 0 radical (unpaired) electrons. The van der Waals surface area contributed by atoms with E-state index < -0.39 is 0 Å². The van der Waals surface area contributed by atoms with Crippen LogP contribution >= 0.6 is 0 Å². The summed E-state index contributed by atoms with van der Waals surface area (Å²) in [7, 11) is 0. The molecule has 2 aliphatic heterocycles. The first-order valence-electron chi connectivity index (χ1n) is 9.14. The second kappa shape index (κ2) is 8.08. The second-order valence-corrected chi connectivity index (χ2v) is 6.97. The first-order valence-corrected chi connectivity index (χ1v) is 9.14. The van der Waals surface area contributed by atoms with Gasteiger partial charge in [-0.15, -0.1) is 0 Å². The Bertz CT molecular complexity index is 559. The van der Waals surface area contributed by atoms with E-state index in [9.17, 15) is 9.18 Å². The van der Waals surface area contributed by atoms with Crippen molar-refractivity contribution in [3.63, 3.8) is 0 Å². The minimum absolute atomic E-state index is 0.0449. The van der Waals surface area contributed by atoms with Gasteiger partial charge in [0.25, 0.3) is 0 Å². The van der Waals surface area contributed by atoms with E-state index in [0.29, 0.717) is 6.54 Å². The molecule has 4 nitrogen and oxygen atoms in total. The average Bonchev–Trinajstić information content (AvgIpc) is 3.03. The topological polar surface area (TPSA) is 26.8 Å². The molecule has 0 aliphatic carbocycles. The average molecular weight is 333 g/mol. The summed E-state index contributed by atoms with van der Waals surface area (Å²) in [5, 5.41) is 0. The molecule has 2 heterocycles. The van der Waals surface area contributed by atoms with Crippen LogP contribution in [0.15, 0.2) is 24.3 Å². The van der Waals surface area contributed by atoms with Crippen molar-refractivity contribution in [1.29, 1.82) is 0 Å². The number of benzene rings is 1. The number of rotatable bonds is 4. The van der Waals surface area contributed by atoms with Gasteiger partial charge >= 0.3 is 0 Å². The summed E-state index contributed by atoms with van der Waals surface area (Å²) in [6.45, 7) is 8.15. The molecular formula is C19H28FN3O. The van der Waals surface area contributed by atoms with Crippen LogP contribution in [0.3, 0.4) is 0 Å². The highest BCUT2D eigenvalue weighted by molar-refractivity contribution is 5.81. The normalized spacial score (nSPS) is 21.7. The van der Waals surface area contributed by atoms with Crippen molar-refractivity contribution in [3.05, 3.63) is 35.6 Å². The fourth-order valence-corrected chi connectivity index (χ4v) is 3.76. The Morgan fingerprint density at radius 1 is 1.04 bits per heavy atom. The second-order valence-electron chi connectivity index (χ2n) is 6.97. The van der Waals surface area contributed by atoms with Crippen molar-refractivity contribution in [3.8, 4) is 0 Å². The third-order valence-corrected chi connectivity index (χ3v) is 5.30. The van der Waals surface area contributed by atoms with Gasteiger partial charge < -0.3 is 4.90 Å². The van der Waals surface area contributed by atoms with E-state index in [0.717, 1.165) is 64.1 Å². The summed E-state index contributed by atoms with van der Waals surface area (Å²) in [5.74, 6) is 0.145. The van der Waals surface area contributed by atoms with Gasteiger partial charge in [0, 0.05) is 44.8 Å². The zero-order valence-electron chi connectivity index (χ0n) is 14.6. The van der Waals surface area contributed by atoms with Crippen LogP contribution in [0.5, 0.6) is 0 Å². The summed E-state index contributed by atoms with van der Waals surface area (Å²) in [4.78, 5) is 19.2. The first kappa shape index (κ1) is 17.4. The number of hydrogen-bond acceptors (Lipinski definition) is 3. The predicted molar refractivity (Wildman–Crippen MR) is 93.1 cm³/mol. The number of hydrogen-bond donors (Lipinski definition) is 0. The fraction of sp³-hybridized carbons (Fsp3) is 0.632. The van der Waals surface area contributed by atoms with Crippen LogP contribution in [-0.2, 0) is 11.3 Å². The monoisotopic (exact) mass is 333 g/mol. The Morgan fingerprint density at radius 3 is 2.54 bits per heavy atom. The van der Waals surface area contributed by atoms with Crippen LogP contribution in [0.25, 0.3) is 0 Å². The van der Waals surface area contributed by atoms with Gasteiger partial charge in [0.1, 0.15) is 5.82 Å². The summed E-state index contributed by atoms with van der Waals surface area (Å²) >= 11 is 0. The Kier molecular flexibility index (Phi) is 5.85. The highest BCUT2D eigenvalue weighted by Crippen LogP contribution is 2.16. The smallest absolute Gasteiger partial charge is 0.239 e. The van der Waals surface area contributed by atoms with Gasteiger partial charge in [-0.25, -0.2) is 4.39 Å². The molecule has 2 fully saturated rings. The van der Waals surface area contributed by atoms with Gasteiger partial charge in [-0.3, -0.25) is 14.6 Å². The van der Waals surface area contributed by atoms with Crippen molar-refractivity contribution in [2.75, 3.05) is 39.3 Å². The quantitative estimate of drug-likeness (QED) is 0.846. The standard InChI is InChI=1S/C19H28FN3O/c1-16(19(24)23-10-4-5-11-23)22-12-6-9-21(13-14-22)15-17-7-2-3-8-18(17)20/h2-3,7-8,16H,4-6,9-15H2,1H3. The number of nitrogens with zero attached hydrogens (tertiary/aromatic N) is 3. The lowest BCUT2D eigenvalue weighted by Gasteiger charge is -2.30. The van der Waals surface area contributed by atoms with Crippen molar-refractivity contribution in [2.45, 2.75) is 38.8 Å². The maximum absolute atomic E-state index is 13.8. The molecule has 0 bridgehead atoms. The number of carbonyl (C=O) groups excluding carboxylic acids is 1.